The fraction of sp³-hybridized carbons (Fsp3) is 0.278. The Balaban J connectivity index is 1.99. The molecule has 0 saturated heterocycles. The van der Waals surface area contributed by atoms with Gasteiger partial charge in [0.15, 0.2) is 5.78 Å². The molecule has 2 atom stereocenters. The van der Waals surface area contributed by atoms with Crippen molar-refractivity contribution in [1.29, 1.82) is 0 Å². The van der Waals surface area contributed by atoms with E-state index in [-0.39, 0.29) is 18.1 Å². The minimum atomic E-state index is -0.662. The summed E-state index contributed by atoms with van der Waals surface area (Å²) in [5.41, 5.74) is 7.88. The molecule has 22 heavy (non-hydrogen) atoms. The predicted molar refractivity (Wildman–Crippen MR) is 85.5 cm³/mol. The first-order valence-corrected chi connectivity index (χ1v) is 7.32. The molecule has 0 aliphatic rings. The molecule has 116 valence electrons. The highest BCUT2D eigenvalue weighted by molar-refractivity contribution is 5.86. The molecule has 2 aromatic rings. The van der Waals surface area contributed by atoms with Crippen LogP contribution >= 0.6 is 0 Å². The van der Waals surface area contributed by atoms with E-state index in [1.165, 1.54) is 0 Å². The van der Waals surface area contributed by atoms with Crippen LogP contribution in [0.4, 0.5) is 0 Å². The van der Waals surface area contributed by atoms with Crippen LogP contribution in [-0.2, 0) is 17.6 Å². The number of nitrogens with two attached hydrogens (primary N) is 1. The molecule has 0 bridgehead atoms. The molecule has 1 unspecified atom stereocenters. The Bertz CT molecular complexity index is 595. The number of aromatic hydroxyl groups is 1. The Morgan fingerprint density at radius 2 is 1.55 bits per heavy atom. The van der Waals surface area contributed by atoms with Crippen LogP contribution in [0, 0.1) is 5.92 Å². The second kappa shape index (κ2) is 7.73. The molecule has 0 aromatic heterocycles. The summed E-state index contributed by atoms with van der Waals surface area (Å²) < 4.78 is 0. The highest BCUT2D eigenvalue weighted by Gasteiger charge is 2.24. The second-order valence-corrected chi connectivity index (χ2v) is 5.45. The van der Waals surface area contributed by atoms with E-state index in [2.05, 4.69) is 0 Å². The van der Waals surface area contributed by atoms with Crippen molar-refractivity contribution in [2.45, 2.75) is 18.9 Å². The van der Waals surface area contributed by atoms with Crippen LogP contribution < -0.4 is 5.73 Å². The number of rotatable bonds is 7. The molecular formula is C18H21NO3. The number of carbonyl (C=O) groups excluding carboxylic acids is 1. The Morgan fingerprint density at radius 1 is 0.955 bits per heavy atom. The number of Topliss-reactive ketones (excluding diaryl/α,β-unsaturated/α-hetero) is 1. The first kappa shape index (κ1) is 16.2. The number of benzene rings is 2. The van der Waals surface area contributed by atoms with Gasteiger partial charge in [-0.3, -0.25) is 4.79 Å². The van der Waals surface area contributed by atoms with E-state index in [0.717, 1.165) is 11.1 Å². The van der Waals surface area contributed by atoms with E-state index in [0.29, 0.717) is 12.8 Å². The molecule has 2 aromatic carbocycles. The third-order valence-electron chi connectivity index (χ3n) is 3.71. The maximum atomic E-state index is 12.4. The minimum Gasteiger partial charge on any atom is -0.508 e. The van der Waals surface area contributed by atoms with Crippen molar-refractivity contribution in [1.82, 2.24) is 0 Å². The lowest BCUT2D eigenvalue weighted by Crippen LogP contribution is -2.39. The number of aliphatic hydroxyl groups excluding tert-OH is 1. The summed E-state index contributed by atoms with van der Waals surface area (Å²) in [6.07, 6.45) is 0.879. The Labute approximate surface area is 130 Å². The molecule has 0 saturated carbocycles. The summed E-state index contributed by atoms with van der Waals surface area (Å²) in [6.45, 7) is -0.211. The van der Waals surface area contributed by atoms with Crippen LogP contribution in [0.2, 0.25) is 0 Å². The summed E-state index contributed by atoms with van der Waals surface area (Å²) in [7, 11) is 0. The number of aliphatic hydroxyl groups is 1. The maximum absolute atomic E-state index is 12.4. The van der Waals surface area contributed by atoms with Crippen molar-refractivity contribution in [2.75, 3.05) is 6.61 Å². The molecular weight excluding hydrogens is 278 g/mol. The van der Waals surface area contributed by atoms with Gasteiger partial charge in [-0.1, -0.05) is 42.5 Å². The van der Waals surface area contributed by atoms with Crippen LogP contribution in [0.3, 0.4) is 0 Å². The molecule has 0 fully saturated rings. The Kier molecular flexibility index (Phi) is 5.69. The normalized spacial score (nSPS) is 13.5. The van der Waals surface area contributed by atoms with Gasteiger partial charge in [-0.25, -0.2) is 0 Å². The standard InChI is InChI=1S/C18H21NO3/c19-17(11-14-6-8-16(21)9-7-14)18(22)15(12-20)10-13-4-2-1-3-5-13/h1-9,15,17,20-21H,10-12,19H2/t15?,17-/m0/s1. The van der Waals surface area contributed by atoms with E-state index in [1.54, 1.807) is 24.3 Å². The first-order valence-electron chi connectivity index (χ1n) is 7.32. The van der Waals surface area contributed by atoms with Crippen molar-refractivity contribution < 1.29 is 15.0 Å². The van der Waals surface area contributed by atoms with Crippen LogP contribution in [-0.4, -0.2) is 28.6 Å². The number of carbonyl (C=O) groups is 1. The van der Waals surface area contributed by atoms with E-state index < -0.39 is 12.0 Å². The molecule has 4 N–H and O–H groups in total. The number of ketones is 1. The summed E-state index contributed by atoms with van der Waals surface area (Å²) in [5, 5.41) is 18.8. The van der Waals surface area contributed by atoms with Gasteiger partial charge in [-0.05, 0) is 36.1 Å². The van der Waals surface area contributed by atoms with E-state index >= 15 is 0 Å². The van der Waals surface area contributed by atoms with Crippen LogP contribution in [0.25, 0.3) is 0 Å². The van der Waals surface area contributed by atoms with E-state index in [9.17, 15) is 15.0 Å². The van der Waals surface area contributed by atoms with E-state index in [1.807, 2.05) is 30.3 Å². The SMILES string of the molecule is N[C@@H](Cc1ccc(O)cc1)C(=O)C(CO)Cc1ccccc1. The Morgan fingerprint density at radius 3 is 2.14 bits per heavy atom. The smallest absolute Gasteiger partial charge is 0.155 e. The second-order valence-electron chi connectivity index (χ2n) is 5.45. The topological polar surface area (TPSA) is 83.5 Å². The highest BCUT2D eigenvalue weighted by atomic mass is 16.3. The predicted octanol–water partition coefficient (Wildman–Crippen LogP) is 1.68. The van der Waals surface area contributed by atoms with Gasteiger partial charge in [0, 0.05) is 5.92 Å². The van der Waals surface area contributed by atoms with Crippen molar-refractivity contribution in [3.05, 3.63) is 65.7 Å². The molecule has 4 nitrogen and oxygen atoms in total. The number of hydrogen-bond donors (Lipinski definition) is 3. The summed E-state index contributed by atoms with van der Waals surface area (Å²) in [6, 6.07) is 15.6. The fourth-order valence-corrected chi connectivity index (χ4v) is 2.44. The summed E-state index contributed by atoms with van der Waals surface area (Å²) in [4.78, 5) is 12.4. The fourth-order valence-electron chi connectivity index (χ4n) is 2.44. The first-order chi connectivity index (χ1) is 10.6. The quantitative estimate of drug-likeness (QED) is 0.726. The lowest BCUT2D eigenvalue weighted by atomic mass is 9.90. The summed E-state index contributed by atoms with van der Waals surface area (Å²) >= 11 is 0. The average molecular weight is 299 g/mol. The number of phenols is 1. The molecule has 0 spiro atoms. The van der Waals surface area contributed by atoms with Crippen LogP contribution in [0.1, 0.15) is 11.1 Å². The van der Waals surface area contributed by atoms with Crippen molar-refractivity contribution in [2.24, 2.45) is 11.7 Å². The lowest BCUT2D eigenvalue weighted by Gasteiger charge is -2.18. The van der Waals surface area contributed by atoms with Crippen LogP contribution in [0.5, 0.6) is 5.75 Å². The van der Waals surface area contributed by atoms with Crippen molar-refractivity contribution in [3.63, 3.8) is 0 Å². The number of phenolic OH excluding ortho intramolecular Hbond substituents is 1. The third kappa shape index (κ3) is 4.41. The highest BCUT2D eigenvalue weighted by Crippen LogP contribution is 2.15. The lowest BCUT2D eigenvalue weighted by molar-refractivity contribution is -0.125. The molecule has 0 amide bonds. The van der Waals surface area contributed by atoms with Crippen molar-refractivity contribution >= 4 is 5.78 Å². The third-order valence-corrected chi connectivity index (χ3v) is 3.71. The van der Waals surface area contributed by atoms with Gasteiger partial charge in [0.05, 0.1) is 12.6 Å². The maximum Gasteiger partial charge on any atom is 0.155 e. The zero-order chi connectivity index (χ0) is 15.9. The monoisotopic (exact) mass is 299 g/mol. The van der Waals surface area contributed by atoms with Gasteiger partial charge in [-0.2, -0.15) is 0 Å². The van der Waals surface area contributed by atoms with Gasteiger partial charge in [0.1, 0.15) is 5.75 Å². The van der Waals surface area contributed by atoms with Gasteiger partial charge < -0.3 is 15.9 Å². The van der Waals surface area contributed by atoms with Gasteiger partial charge in [-0.15, -0.1) is 0 Å². The number of hydrogen-bond acceptors (Lipinski definition) is 4. The van der Waals surface area contributed by atoms with E-state index in [4.69, 9.17) is 5.73 Å². The van der Waals surface area contributed by atoms with Gasteiger partial charge in [0.2, 0.25) is 0 Å². The largest absolute Gasteiger partial charge is 0.508 e. The van der Waals surface area contributed by atoms with Gasteiger partial charge in [0.25, 0.3) is 0 Å². The zero-order valence-corrected chi connectivity index (χ0v) is 12.4. The van der Waals surface area contributed by atoms with Crippen LogP contribution in [0.15, 0.2) is 54.6 Å². The molecule has 0 radical (unpaired) electrons. The molecule has 0 aliphatic heterocycles. The Hall–Kier alpha value is -2.17. The zero-order valence-electron chi connectivity index (χ0n) is 12.4. The molecule has 2 rings (SSSR count). The molecule has 4 heteroatoms. The average Bonchev–Trinajstić information content (AvgIpc) is 2.55. The molecule has 0 aliphatic carbocycles. The molecule has 0 heterocycles. The van der Waals surface area contributed by atoms with Crippen molar-refractivity contribution in [3.8, 4) is 5.75 Å². The summed E-state index contributed by atoms with van der Waals surface area (Å²) in [5.74, 6) is -0.449. The van der Waals surface area contributed by atoms with Gasteiger partial charge >= 0.3 is 0 Å². The minimum absolute atomic E-state index is 0.139.